The topological polar surface area (TPSA) is 84.2 Å². The summed E-state index contributed by atoms with van der Waals surface area (Å²) in [6.07, 6.45) is -2.13. The smallest absolute Gasteiger partial charge is 0.344 e. The first-order chi connectivity index (χ1) is 14.3. The maximum atomic E-state index is 12.9. The molecule has 2 aromatic carbocycles. The number of carbonyl (C=O) groups excluding carboxylic acids is 2. The van der Waals surface area contributed by atoms with Crippen LogP contribution < -0.4 is 16.4 Å². The number of alkyl halides is 3. The third kappa shape index (κ3) is 7.87. The summed E-state index contributed by atoms with van der Waals surface area (Å²) in [5.74, 6) is -0.849. The lowest BCUT2D eigenvalue weighted by atomic mass is 10.0. The van der Waals surface area contributed by atoms with E-state index < -0.39 is 23.7 Å². The van der Waals surface area contributed by atoms with E-state index in [4.69, 9.17) is 5.73 Å². The Morgan fingerprint density at radius 1 is 1.00 bits per heavy atom. The summed E-state index contributed by atoms with van der Waals surface area (Å²) < 4.78 is 38.7. The molecule has 5 nitrogen and oxygen atoms in total. The van der Waals surface area contributed by atoms with E-state index in [1.165, 1.54) is 12.1 Å². The number of nitrogens with two attached hydrogens (primary N) is 1. The van der Waals surface area contributed by atoms with Crippen LogP contribution in [0.1, 0.15) is 36.8 Å². The van der Waals surface area contributed by atoms with Gasteiger partial charge in [0.05, 0.1) is 5.56 Å². The van der Waals surface area contributed by atoms with E-state index in [-0.39, 0.29) is 18.0 Å². The van der Waals surface area contributed by atoms with Gasteiger partial charge in [0.25, 0.3) is 0 Å². The Hall–Kier alpha value is -2.87. The first-order valence-electron chi connectivity index (χ1n) is 9.81. The molecule has 0 aliphatic heterocycles. The molecule has 0 aliphatic carbocycles. The second-order valence-electron chi connectivity index (χ2n) is 6.96. The minimum atomic E-state index is -4.51. The van der Waals surface area contributed by atoms with Gasteiger partial charge in [-0.3, -0.25) is 9.59 Å². The first kappa shape index (κ1) is 23.4. The number of hydrogen-bond donors (Lipinski definition) is 3. The number of carbonyl (C=O) groups is 2. The number of benzene rings is 2. The number of unbranched alkanes of at least 4 members (excludes halogenated alkanes) is 1. The van der Waals surface area contributed by atoms with Crippen molar-refractivity contribution in [3.8, 4) is 0 Å². The number of aryl methyl sites for hydroxylation is 1. The molecule has 0 saturated carbocycles. The molecule has 30 heavy (non-hydrogen) atoms. The van der Waals surface area contributed by atoms with Crippen LogP contribution in [0.2, 0.25) is 0 Å². The van der Waals surface area contributed by atoms with Crippen LogP contribution in [0, 0.1) is 0 Å². The van der Waals surface area contributed by atoms with Crippen molar-refractivity contribution >= 4 is 17.5 Å². The molecule has 162 valence electrons. The van der Waals surface area contributed by atoms with E-state index in [1.807, 2.05) is 30.3 Å². The lowest BCUT2D eigenvalue weighted by Crippen LogP contribution is -2.44. The average Bonchev–Trinajstić information content (AvgIpc) is 2.71. The van der Waals surface area contributed by atoms with Gasteiger partial charge in [-0.2, -0.15) is 13.2 Å². The number of hydrogen-bond acceptors (Lipinski definition) is 3. The highest BCUT2D eigenvalue weighted by Gasteiger charge is 2.30. The quantitative estimate of drug-likeness (QED) is 0.509. The Bertz CT molecular complexity index is 826. The summed E-state index contributed by atoms with van der Waals surface area (Å²) in [6.45, 7) is 0.473. The minimum absolute atomic E-state index is 0.0249. The van der Waals surface area contributed by atoms with E-state index in [9.17, 15) is 22.8 Å². The van der Waals surface area contributed by atoms with Gasteiger partial charge in [0.15, 0.2) is 0 Å². The van der Waals surface area contributed by atoms with Crippen LogP contribution in [0.4, 0.5) is 18.9 Å². The number of amides is 2. The predicted molar refractivity (Wildman–Crippen MR) is 110 cm³/mol. The van der Waals surface area contributed by atoms with Gasteiger partial charge in [-0.25, -0.2) is 0 Å². The minimum Gasteiger partial charge on any atom is -0.344 e. The first-order valence-corrected chi connectivity index (χ1v) is 9.81. The zero-order chi connectivity index (χ0) is 22.0. The molecule has 8 heteroatoms. The summed E-state index contributed by atoms with van der Waals surface area (Å²) >= 11 is 0. The van der Waals surface area contributed by atoms with Gasteiger partial charge >= 0.3 is 6.18 Å². The highest BCUT2D eigenvalue weighted by atomic mass is 19.4. The third-order valence-corrected chi connectivity index (χ3v) is 4.53. The van der Waals surface area contributed by atoms with E-state index in [1.54, 1.807) is 0 Å². The van der Waals surface area contributed by atoms with Crippen LogP contribution in [-0.2, 0) is 22.2 Å². The molecule has 2 rings (SSSR count). The molecule has 0 aliphatic rings. The fraction of sp³-hybridized carbons (Fsp3) is 0.364. The Morgan fingerprint density at radius 2 is 1.73 bits per heavy atom. The molecule has 0 radical (unpaired) electrons. The lowest BCUT2D eigenvalue weighted by Gasteiger charge is -2.19. The van der Waals surface area contributed by atoms with Gasteiger partial charge in [-0.05, 0) is 56.0 Å². The van der Waals surface area contributed by atoms with Crippen molar-refractivity contribution in [2.24, 2.45) is 5.73 Å². The summed E-state index contributed by atoms with van der Waals surface area (Å²) in [4.78, 5) is 24.9. The summed E-state index contributed by atoms with van der Waals surface area (Å²) in [5.41, 5.74) is 5.59. The molecule has 0 aromatic heterocycles. The van der Waals surface area contributed by atoms with Crippen molar-refractivity contribution in [1.29, 1.82) is 0 Å². The van der Waals surface area contributed by atoms with Crippen molar-refractivity contribution in [2.45, 2.75) is 44.3 Å². The van der Waals surface area contributed by atoms with Crippen LogP contribution >= 0.6 is 0 Å². The molecule has 0 fully saturated rings. The predicted octanol–water partition coefficient (Wildman–Crippen LogP) is 3.89. The Balaban J connectivity index is 2.07. The molecule has 0 saturated heterocycles. The van der Waals surface area contributed by atoms with Gasteiger partial charge in [-0.1, -0.05) is 36.4 Å². The zero-order valence-electron chi connectivity index (χ0n) is 16.5. The van der Waals surface area contributed by atoms with Crippen LogP contribution in [0.15, 0.2) is 54.6 Å². The zero-order valence-corrected chi connectivity index (χ0v) is 16.5. The fourth-order valence-electron chi connectivity index (χ4n) is 2.92. The monoisotopic (exact) mass is 421 g/mol. The molecular weight excluding hydrogens is 395 g/mol. The van der Waals surface area contributed by atoms with Crippen molar-refractivity contribution in [3.63, 3.8) is 0 Å². The van der Waals surface area contributed by atoms with Gasteiger partial charge in [0.1, 0.15) is 6.04 Å². The lowest BCUT2D eigenvalue weighted by molar-refractivity contribution is -0.137. The maximum absolute atomic E-state index is 12.9. The van der Waals surface area contributed by atoms with E-state index in [0.29, 0.717) is 32.2 Å². The van der Waals surface area contributed by atoms with Gasteiger partial charge in [0.2, 0.25) is 11.8 Å². The Kier molecular flexibility index (Phi) is 8.86. The summed E-state index contributed by atoms with van der Waals surface area (Å²) in [6, 6.07) is 13.0. The summed E-state index contributed by atoms with van der Waals surface area (Å²) in [5, 5.41) is 5.19. The second kappa shape index (κ2) is 11.3. The standard InChI is InChI=1S/C22H26F3N3O2/c23-22(24,25)17-9-6-10-18(15-17)27-21(30)19(28-20(29)11-4-5-14-26)13-12-16-7-2-1-3-8-16/h1-3,6-10,15,19H,4-5,11-14,26H2,(H,27,30)(H,28,29)/t19-/m0/s1. The largest absolute Gasteiger partial charge is 0.416 e. The molecule has 1 atom stereocenters. The van der Waals surface area contributed by atoms with Crippen molar-refractivity contribution in [2.75, 3.05) is 11.9 Å². The van der Waals surface area contributed by atoms with Crippen LogP contribution in [0.5, 0.6) is 0 Å². The van der Waals surface area contributed by atoms with Crippen molar-refractivity contribution in [3.05, 3.63) is 65.7 Å². The van der Waals surface area contributed by atoms with Crippen LogP contribution in [0.25, 0.3) is 0 Å². The van der Waals surface area contributed by atoms with Gasteiger partial charge < -0.3 is 16.4 Å². The number of rotatable bonds is 10. The third-order valence-electron chi connectivity index (χ3n) is 4.53. The highest BCUT2D eigenvalue weighted by Crippen LogP contribution is 2.30. The van der Waals surface area contributed by atoms with Gasteiger partial charge in [0, 0.05) is 12.1 Å². The number of anilines is 1. The van der Waals surface area contributed by atoms with Crippen LogP contribution in [-0.4, -0.2) is 24.4 Å². The molecule has 0 spiro atoms. The van der Waals surface area contributed by atoms with Crippen LogP contribution in [0.3, 0.4) is 0 Å². The highest BCUT2D eigenvalue weighted by molar-refractivity contribution is 5.97. The number of nitrogens with one attached hydrogen (secondary N) is 2. The molecule has 2 aromatic rings. The van der Waals surface area contributed by atoms with E-state index in [2.05, 4.69) is 10.6 Å². The molecule has 0 heterocycles. The molecule has 0 unspecified atom stereocenters. The average molecular weight is 421 g/mol. The second-order valence-corrected chi connectivity index (χ2v) is 6.96. The molecular formula is C22H26F3N3O2. The Morgan fingerprint density at radius 3 is 2.40 bits per heavy atom. The molecule has 0 bridgehead atoms. The SMILES string of the molecule is NCCCCC(=O)N[C@@H](CCc1ccccc1)C(=O)Nc1cccc(C(F)(F)F)c1. The van der Waals surface area contributed by atoms with Crippen molar-refractivity contribution < 1.29 is 22.8 Å². The van der Waals surface area contributed by atoms with Crippen molar-refractivity contribution in [1.82, 2.24) is 5.32 Å². The fourth-order valence-corrected chi connectivity index (χ4v) is 2.92. The Labute approximate surface area is 173 Å². The maximum Gasteiger partial charge on any atom is 0.416 e. The number of halogens is 3. The van der Waals surface area contributed by atoms with Gasteiger partial charge in [-0.15, -0.1) is 0 Å². The molecule has 2 amide bonds. The molecule has 4 N–H and O–H groups in total. The van der Waals surface area contributed by atoms with E-state index in [0.717, 1.165) is 17.7 Å². The van der Waals surface area contributed by atoms with E-state index >= 15 is 0 Å². The normalized spacial score (nSPS) is 12.3. The summed E-state index contributed by atoms with van der Waals surface area (Å²) in [7, 11) is 0.